The van der Waals surface area contributed by atoms with Crippen LogP contribution < -0.4 is 5.32 Å². The average Bonchev–Trinajstić information content (AvgIpc) is 2.30. The smallest absolute Gasteiger partial charge is 0.0599 e. The fourth-order valence-electron chi connectivity index (χ4n) is 2.24. The molecular formula is C13H20N2O. The molecular weight excluding hydrogens is 200 g/mol. The van der Waals surface area contributed by atoms with Crippen LogP contribution in [0.2, 0.25) is 0 Å². The van der Waals surface area contributed by atoms with Gasteiger partial charge in [-0.15, -0.1) is 0 Å². The number of aliphatic hydroxyl groups is 1. The van der Waals surface area contributed by atoms with Gasteiger partial charge in [-0.2, -0.15) is 0 Å². The molecule has 0 aromatic heterocycles. The van der Waals surface area contributed by atoms with Crippen molar-refractivity contribution in [3.63, 3.8) is 0 Å². The maximum Gasteiger partial charge on any atom is 0.0599 e. The van der Waals surface area contributed by atoms with E-state index in [-0.39, 0.29) is 12.6 Å². The van der Waals surface area contributed by atoms with Gasteiger partial charge >= 0.3 is 0 Å². The van der Waals surface area contributed by atoms with E-state index >= 15 is 0 Å². The molecule has 3 heteroatoms. The summed E-state index contributed by atoms with van der Waals surface area (Å²) in [4.78, 5) is 2.35. The standard InChI is InChI=1S/C13H20N2O/c1-11-3-2-4-12(7-11)9-15-6-5-14-8-13(15)10-16/h2-4,7,13-14,16H,5-6,8-10H2,1H3. The van der Waals surface area contributed by atoms with Gasteiger partial charge in [0.15, 0.2) is 0 Å². The van der Waals surface area contributed by atoms with Crippen LogP contribution >= 0.6 is 0 Å². The molecule has 2 N–H and O–H groups in total. The number of aliphatic hydroxyl groups excluding tert-OH is 1. The maximum absolute atomic E-state index is 9.31. The fraction of sp³-hybridized carbons (Fsp3) is 0.538. The van der Waals surface area contributed by atoms with Crippen LogP contribution in [0.25, 0.3) is 0 Å². The highest BCUT2D eigenvalue weighted by Gasteiger charge is 2.20. The van der Waals surface area contributed by atoms with Crippen molar-refractivity contribution in [1.82, 2.24) is 10.2 Å². The molecule has 0 radical (unpaired) electrons. The number of aryl methyl sites for hydroxylation is 1. The van der Waals surface area contributed by atoms with Crippen molar-refractivity contribution < 1.29 is 5.11 Å². The summed E-state index contributed by atoms with van der Waals surface area (Å²) in [6.45, 7) is 6.21. The number of benzene rings is 1. The van der Waals surface area contributed by atoms with Crippen molar-refractivity contribution in [3.8, 4) is 0 Å². The van der Waals surface area contributed by atoms with Crippen LogP contribution in [0.15, 0.2) is 24.3 Å². The fourth-order valence-corrected chi connectivity index (χ4v) is 2.24. The zero-order valence-corrected chi connectivity index (χ0v) is 9.82. The molecule has 0 aliphatic carbocycles. The Labute approximate surface area is 97.1 Å². The molecule has 1 aromatic rings. The summed E-state index contributed by atoms with van der Waals surface area (Å²) in [6.07, 6.45) is 0. The van der Waals surface area contributed by atoms with Gasteiger partial charge in [-0.25, -0.2) is 0 Å². The molecule has 1 unspecified atom stereocenters. The molecule has 1 heterocycles. The Kier molecular flexibility index (Phi) is 3.93. The van der Waals surface area contributed by atoms with Crippen molar-refractivity contribution in [1.29, 1.82) is 0 Å². The quantitative estimate of drug-likeness (QED) is 0.789. The Hall–Kier alpha value is -0.900. The maximum atomic E-state index is 9.31. The Balaban J connectivity index is 2.02. The largest absolute Gasteiger partial charge is 0.395 e. The van der Waals surface area contributed by atoms with E-state index in [4.69, 9.17) is 0 Å². The lowest BCUT2D eigenvalue weighted by Gasteiger charge is -2.35. The van der Waals surface area contributed by atoms with Crippen LogP contribution in [0.1, 0.15) is 11.1 Å². The second kappa shape index (κ2) is 5.43. The molecule has 0 bridgehead atoms. The van der Waals surface area contributed by atoms with E-state index in [2.05, 4.69) is 41.4 Å². The van der Waals surface area contributed by atoms with Gasteiger partial charge in [0.1, 0.15) is 0 Å². The van der Waals surface area contributed by atoms with Gasteiger partial charge in [0.05, 0.1) is 6.61 Å². The molecule has 1 atom stereocenters. The minimum Gasteiger partial charge on any atom is -0.395 e. The van der Waals surface area contributed by atoms with Gasteiger partial charge in [-0.3, -0.25) is 4.90 Å². The van der Waals surface area contributed by atoms with Crippen LogP contribution in [0.5, 0.6) is 0 Å². The number of nitrogens with one attached hydrogen (secondary N) is 1. The van der Waals surface area contributed by atoms with Crippen molar-refractivity contribution >= 4 is 0 Å². The van der Waals surface area contributed by atoms with Crippen molar-refractivity contribution in [3.05, 3.63) is 35.4 Å². The van der Waals surface area contributed by atoms with E-state index in [1.807, 2.05) is 0 Å². The predicted molar refractivity (Wildman–Crippen MR) is 65.3 cm³/mol. The third-order valence-electron chi connectivity index (χ3n) is 3.15. The van der Waals surface area contributed by atoms with Crippen molar-refractivity contribution in [2.24, 2.45) is 0 Å². The SMILES string of the molecule is Cc1cccc(CN2CCNCC2CO)c1. The number of hydrogen-bond donors (Lipinski definition) is 2. The van der Waals surface area contributed by atoms with Crippen LogP contribution in [0.3, 0.4) is 0 Å². The lowest BCUT2D eigenvalue weighted by Crippen LogP contribution is -2.52. The predicted octanol–water partition coefficient (Wildman–Crippen LogP) is 0.761. The van der Waals surface area contributed by atoms with E-state index in [1.54, 1.807) is 0 Å². The average molecular weight is 220 g/mol. The highest BCUT2D eigenvalue weighted by molar-refractivity contribution is 5.22. The molecule has 1 aliphatic heterocycles. The Morgan fingerprint density at radius 2 is 2.38 bits per heavy atom. The Morgan fingerprint density at radius 1 is 1.50 bits per heavy atom. The van der Waals surface area contributed by atoms with Gasteiger partial charge in [0, 0.05) is 32.2 Å². The summed E-state index contributed by atoms with van der Waals surface area (Å²) in [6, 6.07) is 8.85. The molecule has 0 spiro atoms. The van der Waals surface area contributed by atoms with Gasteiger partial charge in [0.25, 0.3) is 0 Å². The third-order valence-corrected chi connectivity index (χ3v) is 3.15. The zero-order chi connectivity index (χ0) is 11.4. The topological polar surface area (TPSA) is 35.5 Å². The number of hydrogen-bond acceptors (Lipinski definition) is 3. The summed E-state index contributed by atoms with van der Waals surface area (Å²) < 4.78 is 0. The van der Waals surface area contributed by atoms with Gasteiger partial charge in [-0.05, 0) is 12.5 Å². The second-order valence-electron chi connectivity index (χ2n) is 4.50. The molecule has 1 fully saturated rings. The van der Waals surface area contributed by atoms with Crippen LogP contribution in [0.4, 0.5) is 0 Å². The first-order valence-electron chi connectivity index (χ1n) is 5.91. The molecule has 1 aliphatic rings. The first-order chi connectivity index (χ1) is 7.79. The molecule has 16 heavy (non-hydrogen) atoms. The molecule has 0 saturated carbocycles. The third kappa shape index (κ3) is 2.82. The second-order valence-corrected chi connectivity index (χ2v) is 4.50. The summed E-state index contributed by atoms with van der Waals surface area (Å²) in [7, 11) is 0. The number of piperazine rings is 1. The summed E-state index contributed by atoms with van der Waals surface area (Å²) >= 11 is 0. The van der Waals surface area contributed by atoms with Crippen LogP contribution in [0, 0.1) is 6.92 Å². The lowest BCUT2D eigenvalue weighted by atomic mass is 10.1. The van der Waals surface area contributed by atoms with Crippen LogP contribution in [-0.2, 0) is 6.54 Å². The molecule has 1 aromatic carbocycles. The van der Waals surface area contributed by atoms with E-state index < -0.39 is 0 Å². The monoisotopic (exact) mass is 220 g/mol. The zero-order valence-electron chi connectivity index (χ0n) is 9.82. The van der Waals surface area contributed by atoms with Crippen molar-refractivity contribution in [2.45, 2.75) is 19.5 Å². The molecule has 88 valence electrons. The molecule has 2 rings (SSSR count). The lowest BCUT2D eigenvalue weighted by molar-refractivity contribution is 0.0945. The first kappa shape index (κ1) is 11.6. The van der Waals surface area contributed by atoms with Gasteiger partial charge in [0.2, 0.25) is 0 Å². The van der Waals surface area contributed by atoms with E-state index in [1.165, 1.54) is 11.1 Å². The highest BCUT2D eigenvalue weighted by atomic mass is 16.3. The Bertz CT molecular complexity index is 340. The van der Waals surface area contributed by atoms with E-state index in [9.17, 15) is 5.11 Å². The van der Waals surface area contributed by atoms with E-state index in [0.29, 0.717) is 0 Å². The normalized spacial score (nSPS) is 22.2. The Morgan fingerprint density at radius 3 is 3.12 bits per heavy atom. The van der Waals surface area contributed by atoms with Gasteiger partial charge < -0.3 is 10.4 Å². The minimum atomic E-state index is 0.235. The number of nitrogens with zero attached hydrogens (tertiary/aromatic N) is 1. The summed E-state index contributed by atoms with van der Waals surface area (Å²) in [5.41, 5.74) is 2.63. The summed E-state index contributed by atoms with van der Waals surface area (Å²) in [5.74, 6) is 0. The van der Waals surface area contributed by atoms with Crippen LogP contribution in [-0.4, -0.2) is 42.3 Å². The molecule has 1 saturated heterocycles. The molecule has 0 amide bonds. The first-order valence-corrected chi connectivity index (χ1v) is 5.91. The van der Waals surface area contributed by atoms with Crippen molar-refractivity contribution in [2.75, 3.05) is 26.2 Å². The molecule has 3 nitrogen and oxygen atoms in total. The highest BCUT2D eigenvalue weighted by Crippen LogP contribution is 2.11. The van der Waals surface area contributed by atoms with Gasteiger partial charge in [-0.1, -0.05) is 29.8 Å². The number of rotatable bonds is 3. The van der Waals surface area contributed by atoms with E-state index in [0.717, 1.165) is 26.2 Å². The minimum absolute atomic E-state index is 0.235. The summed E-state index contributed by atoms with van der Waals surface area (Å²) in [5, 5.41) is 12.6.